The number of rotatable bonds is 10. The van der Waals surface area contributed by atoms with Crippen LogP contribution in [-0.4, -0.2) is 16.5 Å². The van der Waals surface area contributed by atoms with E-state index in [2.05, 4.69) is 6.92 Å². The van der Waals surface area contributed by atoms with Gasteiger partial charge in [0.2, 0.25) is 0 Å². The van der Waals surface area contributed by atoms with Gasteiger partial charge in [-0.1, -0.05) is 39.0 Å². The van der Waals surface area contributed by atoms with Gasteiger partial charge in [-0.2, -0.15) is 4.89 Å². The van der Waals surface area contributed by atoms with Crippen LogP contribution in [0.4, 0.5) is 5.69 Å². The van der Waals surface area contributed by atoms with E-state index in [1.807, 2.05) is 13.8 Å². The molecule has 1 rings (SSSR count). The molecule has 0 atom stereocenters. The second-order valence-corrected chi connectivity index (χ2v) is 6.18. The molecule has 23 heavy (non-hydrogen) atoms. The number of benzene rings is 1. The van der Waals surface area contributed by atoms with Gasteiger partial charge in [-0.25, -0.2) is 4.79 Å². The smallest absolute Gasteiger partial charge is 0.292 e. The second kappa shape index (κ2) is 9.25. The maximum absolute atomic E-state index is 11.9. The Balaban J connectivity index is 2.40. The topological polar surface area (TPSA) is 78.7 Å². The van der Waals surface area contributed by atoms with E-state index < -0.39 is 16.5 Å². The van der Waals surface area contributed by atoms with E-state index in [-0.39, 0.29) is 11.3 Å². The number of nitro groups is 1. The highest BCUT2D eigenvalue weighted by atomic mass is 18.1. The third-order valence-electron chi connectivity index (χ3n) is 3.54. The lowest BCUT2D eigenvalue weighted by Crippen LogP contribution is -2.26. The Labute approximate surface area is 136 Å². The van der Waals surface area contributed by atoms with E-state index in [9.17, 15) is 14.9 Å². The minimum atomic E-state index is -0.654. The SMILES string of the molecule is CCCCCCCC(C)(C)OOC(=[18O])c1ccc([N+](=O)[O-])cc1. The molecule has 0 fully saturated rings. The maximum atomic E-state index is 11.9. The minimum Gasteiger partial charge on any atom is -0.292 e. The molecule has 0 radical (unpaired) electrons. The Kier molecular flexibility index (Phi) is 7.68. The summed E-state index contributed by atoms with van der Waals surface area (Å²) in [7, 11) is 0. The van der Waals surface area contributed by atoms with Crippen LogP contribution in [0, 0.1) is 10.1 Å². The quantitative estimate of drug-likeness (QED) is 0.202. The number of hydrogen-bond donors (Lipinski definition) is 0. The molecule has 1 aromatic rings. The summed E-state index contributed by atoms with van der Waals surface area (Å²) in [5.41, 5.74) is -0.410. The van der Waals surface area contributed by atoms with E-state index in [1.54, 1.807) is 0 Å². The van der Waals surface area contributed by atoms with Crippen molar-refractivity contribution in [1.29, 1.82) is 0 Å². The van der Waals surface area contributed by atoms with E-state index >= 15 is 0 Å². The van der Waals surface area contributed by atoms with Gasteiger partial charge in [0.1, 0.15) is 5.60 Å². The molecule has 6 heteroatoms. The van der Waals surface area contributed by atoms with Gasteiger partial charge in [0, 0.05) is 12.1 Å². The summed E-state index contributed by atoms with van der Waals surface area (Å²) in [5, 5.41) is 10.6. The van der Waals surface area contributed by atoms with Crippen molar-refractivity contribution in [2.45, 2.75) is 64.9 Å². The minimum absolute atomic E-state index is 0.0742. The number of unbranched alkanes of at least 4 members (excludes halogenated alkanes) is 4. The molecule has 0 unspecified atom stereocenters. The van der Waals surface area contributed by atoms with Crippen molar-refractivity contribution in [3.63, 3.8) is 0 Å². The average molecular weight is 325 g/mol. The first-order chi connectivity index (χ1) is 10.9. The van der Waals surface area contributed by atoms with Crippen molar-refractivity contribution in [2.75, 3.05) is 0 Å². The summed E-state index contributed by atoms with van der Waals surface area (Å²) in [6, 6.07) is 5.22. The first-order valence-corrected chi connectivity index (χ1v) is 8.00. The molecule has 0 amide bonds. The van der Waals surface area contributed by atoms with Crippen LogP contribution < -0.4 is 0 Å². The van der Waals surface area contributed by atoms with Crippen LogP contribution in [0.1, 0.15) is 69.7 Å². The Hall–Kier alpha value is -1.95. The van der Waals surface area contributed by atoms with Crippen LogP contribution in [-0.2, 0) is 9.78 Å². The molecule has 1 aromatic carbocycles. The van der Waals surface area contributed by atoms with Crippen molar-refractivity contribution >= 4 is 11.7 Å². The zero-order valence-corrected chi connectivity index (χ0v) is 14.0. The van der Waals surface area contributed by atoms with Crippen molar-refractivity contribution in [1.82, 2.24) is 0 Å². The summed E-state index contributed by atoms with van der Waals surface area (Å²) < 4.78 is 0. The Morgan fingerprint density at radius 3 is 2.35 bits per heavy atom. The largest absolute Gasteiger partial charge is 0.373 e. The fourth-order valence-corrected chi connectivity index (χ4v) is 2.11. The van der Waals surface area contributed by atoms with E-state index in [0.29, 0.717) is 0 Å². The highest BCUT2D eigenvalue weighted by Crippen LogP contribution is 2.21. The molecule has 0 spiro atoms. The van der Waals surface area contributed by atoms with Gasteiger partial charge in [0.25, 0.3) is 5.69 Å². The van der Waals surface area contributed by atoms with Crippen LogP contribution in [0.5, 0.6) is 0 Å². The molecule has 6 nitrogen and oxygen atoms in total. The normalized spacial score (nSPS) is 11.3. The van der Waals surface area contributed by atoms with Gasteiger partial charge in [0.05, 0.1) is 10.5 Å². The highest BCUT2D eigenvalue weighted by molar-refractivity contribution is 5.89. The van der Waals surface area contributed by atoms with Gasteiger partial charge in [-0.15, -0.1) is 0 Å². The standard InChI is InChI=1S/C17H25NO5/c1-4-5-6-7-8-13-17(2,3)23-22-16(19)14-9-11-15(12-10-14)18(20)21/h9-12H,4-8,13H2,1-3H3/i19+2. The first-order valence-electron chi connectivity index (χ1n) is 8.00. The number of nitro benzene ring substituents is 1. The molecule has 0 saturated heterocycles. The Bertz CT molecular complexity index is 510. The lowest BCUT2D eigenvalue weighted by atomic mass is 10.00. The fraction of sp³-hybridized carbons (Fsp3) is 0.588. The molecule has 0 aliphatic heterocycles. The summed E-state index contributed by atoms with van der Waals surface area (Å²) in [4.78, 5) is 32.0. The predicted molar refractivity (Wildman–Crippen MR) is 87.1 cm³/mol. The number of carbonyl (C=O) groups is 1. The zero-order valence-electron chi connectivity index (χ0n) is 14.0. The second-order valence-electron chi connectivity index (χ2n) is 6.18. The summed E-state index contributed by atoms with van der Waals surface area (Å²) in [6.07, 6.45) is 6.58. The van der Waals surface area contributed by atoms with Gasteiger partial charge in [-0.05, 0) is 32.4 Å². The maximum Gasteiger partial charge on any atom is 0.373 e. The molecule has 0 heterocycles. The third kappa shape index (κ3) is 7.23. The highest BCUT2D eigenvalue weighted by Gasteiger charge is 2.22. The number of nitrogens with zero attached hydrogens (tertiary/aromatic N) is 1. The molecule has 0 aromatic heterocycles. The van der Waals surface area contributed by atoms with E-state index in [4.69, 9.17) is 9.78 Å². The average Bonchev–Trinajstić information content (AvgIpc) is 2.52. The van der Waals surface area contributed by atoms with Crippen LogP contribution in [0.3, 0.4) is 0 Å². The molecule has 0 aliphatic rings. The van der Waals surface area contributed by atoms with Crippen LogP contribution in [0.15, 0.2) is 24.3 Å². The third-order valence-corrected chi connectivity index (χ3v) is 3.54. The molecule has 0 aliphatic carbocycles. The molecule has 128 valence electrons. The van der Waals surface area contributed by atoms with Crippen molar-refractivity contribution < 1.29 is 19.5 Å². The number of non-ortho nitro benzene ring substituents is 1. The Morgan fingerprint density at radius 2 is 1.78 bits per heavy atom. The zero-order chi connectivity index (χ0) is 17.3. The van der Waals surface area contributed by atoms with Crippen molar-refractivity contribution in [3.05, 3.63) is 39.9 Å². The van der Waals surface area contributed by atoms with Crippen LogP contribution in [0.2, 0.25) is 0 Å². The summed E-state index contributed by atoms with van der Waals surface area (Å²) in [5.74, 6) is -0.654. The lowest BCUT2D eigenvalue weighted by Gasteiger charge is -2.22. The van der Waals surface area contributed by atoms with Crippen LogP contribution in [0.25, 0.3) is 0 Å². The lowest BCUT2D eigenvalue weighted by molar-refractivity contribution is -0.384. The molecule has 0 N–H and O–H groups in total. The van der Waals surface area contributed by atoms with Gasteiger partial charge in [-0.3, -0.25) is 15.0 Å². The monoisotopic (exact) mass is 325 g/mol. The predicted octanol–water partition coefficient (Wildman–Crippen LogP) is 4.82. The van der Waals surface area contributed by atoms with Crippen molar-refractivity contribution in [3.8, 4) is 0 Å². The van der Waals surface area contributed by atoms with Gasteiger partial charge < -0.3 is 0 Å². The van der Waals surface area contributed by atoms with Gasteiger partial charge in [0.15, 0.2) is 0 Å². The fourth-order valence-electron chi connectivity index (χ4n) is 2.11. The molecule has 0 saturated carbocycles. The van der Waals surface area contributed by atoms with E-state index in [0.717, 1.165) is 19.3 Å². The summed E-state index contributed by atoms with van der Waals surface area (Å²) >= 11 is 0. The van der Waals surface area contributed by atoms with Gasteiger partial charge >= 0.3 is 5.97 Å². The van der Waals surface area contributed by atoms with Crippen molar-refractivity contribution in [2.24, 2.45) is 0 Å². The molecule has 0 bridgehead atoms. The van der Waals surface area contributed by atoms with Crippen LogP contribution >= 0.6 is 0 Å². The number of hydrogen-bond acceptors (Lipinski definition) is 5. The first kappa shape index (κ1) is 19.1. The number of carbonyl (C=O) groups excluding carboxylic acids is 1. The molecular weight excluding hydrogens is 300 g/mol. The summed E-state index contributed by atoms with van der Waals surface area (Å²) in [6.45, 7) is 5.91. The Morgan fingerprint density at radius 1 is 1.17 bits per heavy atom. The molecular formula is C17H25NO5. The van der Waals surface area contributed by atoms with E-state index in [1.165, 1.54) is 43.5 Å².